The van der Waals surface area contributed by atoms with Crippen LogP contribution < -0.4 is 0 Å². The van der Waals surface area contributed by atoms with Gasteiger partial charge in [0.25, 0.3) is 5.91 Å². The monoisotopic (exact) mass is 291 g/mol. The number of carbonyl (C=O) groups excluding carboxylic acids is 1. The van der Waals surface area contributed by atoms with Crippen molar-refractivity contribution in [3.05, 3.63) is 23.7 Å². The summed E-state index contributed by atoms with van der Waals surface area (Å²) in [6.45, 7) is 1.96. The average molecular weight is 291 g/mol. The van der Waals surface area contributed by atoms with Gasteiger partial charge in [0.2, 0.25) is 0 Å². The van der Waals surface area contributed by atoms with Crippen molar-refractivity contribution in [2.75, 3.05) is 0 Å². The molecule has 3 atom stereocenters. The lowest BCUT2D eigenvalue weighted by atomic mass is 9.84. The highest BCUT2D eigenvalue weighted by Gasteiger charge is 2.48. The third kappa shape index (κ3) is 2.45. The fraction of sp³-hybridized carbons (Fsp3) is 0.625. The van der Waals surface area contributed by atoms with Crippen LogP contribution in [0, 0.1) is 5.92 Å². The molecule has 0 radical (unpaired) electrons. The number of furan rings is 1. The molecule has 2 fully saturated rings. The van der Waals surface area contributed by atoms with Crippen molar-refractivity contribution in [1.29, 1.82) is 0 Å². The van der Waals surface area contributed by atoms with Crippen LogP contribution in [0.25, 0.3) is 0 Å². The lowest BCUT2D eigenvalue weighted by molar-refractivity contribution is -0.141. The first-order valence-corrected chi connectivity index (χ1v) is 7.76. The van der Waals surface area contributed by atoms with Gasteiger partial charge in [-0.05, 0) is 37.3 Å². The summed E-state index contributed by atoms with van der Waals surface area (Å²) in [6, 6.07) is 2.80. The standard InChI is InChI=1S/C16H21NO4/c1-2-11-7-8-14(21-11)15(18)17-12-6-4-3-5-10(12)9-13(17)16(19)20/h7-8,10,12-13H,2-6,9H2,1H3,(H,19,20)/t10-,12+,13+/m1/s1. The zero-order chi connectivity index (χ0) is 15.0. The molecule has 0 spiro atoms. The number of fused-ring (bicyclic) bond motifs is 1. The third-order valence-corrected chi connectivity index (χ3v) is 4.83. The Morgan fingerprint density at radius 3 is 2.76 bits per heavy atom. The average Bonchev–Trinajstić information content (AvgIpc) is 3.11. The largest absolute Gasteiger partial charge is 0.480 e. The molecule has 1 amide bonds. The first-order valence-electron chi connectivity index (χ1n) is 7.76. The molecule has 1 saturated heterocycles. The Balaban J connectivity index is 1.88. The van der Waals surface area contributed by atoms with Crippen molar-refractivity contribution in [3.63, 3.8) is 0 Å². The highest BCUT2D eigenvalue weighted by molar-refractivity contribution is 5.95. The van der Waals surface area contributed by atoms with Crippen LogP contribution in [0.15, 0.2) is 16.5 Å². The van der Waals surface area contributed by atoms with Gasteiger partial charge < -0.3 is 14.4 Å². The summed E-state index contributed by atoms with van der Waals surface area (Å²) in [6.07, 6.45) is 5.43. The summed E-state index contributed by atoms with van der Waals surface area (Å²) >= 11 is 0. The van der Waals surface area contributed by atoms with Gasteiger partial charge in [-0.2, -0.15) is 0 Å². The summed E-state index contributed by atoms with van der Waals surface area (Å²) in [5, 5.41) is 9.45. The Labute approximate surface area is 123 Å². The van der Waals surface area contributed by atoms with Crippen molar-refractivity contribution in [1.82, 2.24) is 4.90 Å². The minimum absolute atomic E-state index is 0.0579. The summed E-state index contributed by atoms with van der Waals surface area (Å²) in [5.74, 6) is 0.176. The van der Waals surface area contributed by atoms with Gasteiger partial charge in [0.05, 0.1) is 0 Å². The van der Waals surface area contributed by atoms with E-state index in [2.05, 4.69) is 0 Å². The molecule has 0 bridgehead atoms. The Morgan fingerprint density at radius 2 is 2.10 bits per heavy atom. The fourth-order valence-corrected chi connectivity index (χ4v) is 3.78. The van der Waals surface area contributed by atoms with Crippen LogP contribution >= 0.6 is 0 Å². The molecule has 5 nitrogen and oxygen atoms in total. The van der Waals surface area contributed by atoms with Gasteiger partial charge >= 0.3 is 5.97 Å². The number of carboxylic acid groups (broad SMARTS) is 1. The Hall–Kier alpha value is -1.78. The molecule has 1 aromatic rings. The van der Waals surface area contributed by atoms with Crippen molar-refractivity contribution < 1.29 is 19.1 Å². The van der Waals surface area contributed by atoms with Gasteiger partial charge in [-0.1, -0.05) is 19.8 Å². The highest BCUT2D eigenvalue weighted by atomic mass is 16.4. The van der Waals surface area contributed by atoms with E-state index in [0.29, 0.717) is 12.3 Å². The molecular formula is C16H21NO4. The number of likely N-dealkylation sites (tertiary alicyclic amines) is 1. The molecule has 1 saturated carbocycles. The number of nitrogens with zero attached hydrogens (tertiary/aromatic N) is 1. The summed E-state index contributed by atoms with van der Waals surface area (Å²) in [5.41, 5.74) is 0. The van der Waals surface area contributed by atoms with Crippen LogP contribution in [-0.2, 0) is 11.2 Å². The Morgan fingerprint density at radius 1 is 1.33 bits per heavy atom. The zero-order valence-corrected chi connectivity index (χ0v) is 12.2. The minimum Gasteiger partial charge on any atom is -0.480 e. The second-order valence-electron chi connectivity index (χ2n) is 6.03. The topological polar surface area (TPSA) is 70.8 Å². The minimum atomic E-state index is -0.903. The van der Waals surface area contributed by atoms with E-state index in [1.165, 1.54) is 0 Å². The van der Waals surface area contributed by atoms with E-state index in [4.69, 9.17) is 4.42 Å². The van der Waals surface area contributed by atoms with Crippen LogP contribution in [0.1, 0.15) is 55.3 Å². The predicted molar refractivity (Wildman–Crippen MR) is 76.0 cm³/mol. The fourth-order valence-electron chi connectivity index (χ4n) is 3.78. The number of hydrogen-bond donors (Lipinski definition) is 1. The summed E-state index contributed by atoms with van der Waals surface area (Å²) in [4.78, 5) is 25.8. The molecule has 2 aliphatic rings. The van der Waals surface area contributed by atoms with E-state index in [1.54, 1.807) is 17.0 Å². The second kappa shape index (κ2) is 5.54. The summed E-state index contributed by atoms with van der Waals surface area (Å²) in [7, 11) is 0. The molecule has 5 heteroatoms. The van der Waals surface area contributed by atoms with Gasteiger partial charge in [-0.15, -0.1) is 0 Å². The van der Waals surface area contributed by atoms with Crippen molar-refractivity contribution in [3.8, 4) is 0 Å². The van der Waals surface area contributed by atoms with E-state index < -0.39 is 12.0 Å². The molecule has 1 aliphatic heterocycles. The van der Waals surface area contributed by atoms with E-state index in [1.807, 2.05) is 6.92 Å². The van der Waals surface area contributed by atoms with Crippen LogP contribution in [0.5, 0.6) is 0 Å². The number of rotatable bonds is 3. The zero-order valence-electron chi connectivity index (χ0n) is 12.2. The number of carbonyl (C=O) groups is 2. The van der Waals surface area contributed by atoms with Crippen LogP contribution in [0.3, 0.4) is 0 Å². The Kier molecular flexibility index (Phi) is 3.74. The van der Waals surface area contributed by atoms with Crippen molar-refractivity contribution in [2.45, 2.75) is 57.5 Å². The number of aliphatic carboxylic acids is 1. The lowest BCUT2D eigenvalue weighted by Gasteiger charge is -2.32. The van der Waals surface area contributed by atoms with E-state index in [-0.39, 0.29) is 17.7 Å². The normalized spacial score (nSPS) is 28.4. The molecule has 1 N–H and O–H groups in total. The molecule has 1 aliphatic carbocycles. The molecule has 21 heavy (non-hydrogen) atoms. The third-order valence-electron chi connectivity index (χ3n) is 4.83. The maximum Gasteiger partial charge on any atom is 0.326 e. The van der Waals surface area contributed by atoms with E-state index in [9.17, 15) is 14.7 Å². The molecule has 3 rings (SSSR count). The van der Waals surface area contributed by atoms with E-state index in [0.717, 1.165) is 37.9 Å². The van der Waals surface area contributed by atoms with Crippen molar-refractivity contribution >= 4 is 11.9 Å². The molecule has 1 aromatic heterocycles. The SMILES string of the molecule is CCc1ccc(C(=O)N2[C@H](C(=O)O)C[C@H]3CCCC[C@@H]32)o1. The number of aryl methyl sites for hydroxylation is 1. The quantitative estimate of drug-likeness (QED) is 0.929. The maximum absolute atomic E-state index is 12.7. The smallest absolute Gasteiger partial charge is 0.326 e. The van der Waals surface area contributed by atoms with Gasteiger partial charge in [0, 0.05) is 12.5 Å². The maximum atomic E-state index is 12.7. The number of hydrogen-bond acceptors (Lipinski definition) is 3. The first kappa shape index (κ1) is 14.2. The lowest BCUT2D eigenvalue weighted by Crippen LogP contribution is -2.46. The van der Waals surface area contributed by atoms with E-state index >= 15 is 0 Å². The second-order valence-corrected chi connectivity index (χ2v) is 6.03. The number of carboxylic acids is 1. The molecular weight excluding hydrogens is 270 g/mol. The highest BCUT2D eigenvalue weighted by Crippen LogP contribution is 2.40. The van der Waals surface area contributed by atoms with Crippen molar-refractivity contribution in [2.24, 2.45) is 5.92 Å². The molecule has 2 heterocycles. The summed E-state index contributed by atoms with van der Waals surface area (Å²) < 4.78 is 5.53. The van der Waals surface area contributed by atoms with Gasteiger partial charge in [-0.3, -0.25) is 4.79 Å². The van der Waals surface area contributed by atoms with Crippen LogP contribution in [-0.4, -0.2) is 34.0 Å². The number of amides is 1. The van der Waals surface area contributed by atoms with Crippen LogP contribution in [0.2, 0.25) is 0 Å². The van der Waals surface area contributed by atoms with Gasteiger partial charge in [0.1, 0.15) is 11.8 Å². The molecule has 114 valence electrons. The predicted octanol–water partition coefficient (Wildman–Crippen LogP) is 2.70. The Bertz CT molecular complexity index is 550. The van der Waals surface area contributed by atoms with Crippen LogP contribution in [0.4, 0.5) is 0 Å². The first-order chi connectivity index (χ1) is 10.1. The van der Waals surface area contributed by atoms with Gasteiger partial charge in [-0.25, -0.2) is 4.79 Å². The molecule has 0 aromatic carbocycles. The molecule has 0 unspecified atom stereocenters. The van der Waals surface area contributed by atoms with Gasteiger partial charge in [0.15, 0.2) is 5.76 Å².